The molecule has 1 nitrogen and oxygen atoms in total. The number of hydrogen-bond acceptors (Lipinski definition) is 1. The van der Waals surface area contributed by atoms with Crippen molar-refractivity contribution < 1.29 is 26.3 Å². The molecule has 0 aliphatic rings. The number of hydrogen-bond donors (Lipinski definition) is 1. The summed E-state index contributed by atoms with van der Waals surface area (Å²) in [5.74, 6) is 0. The zero-order valence-electron chi connectivity index (χ0n) is 10.1. The average molecular weight is 285 g/mol. The molecule has 0 unspecified atom stereocenters. The summed E-state index contributed by atoms with van der Waals surface area (Å²) in [4.78, 5) is 0. The molecule has 0 aromatic heterocycles. The maximum absolute atomic E-state index is 12.7. The van der Waals surface area contributed by atoms with Crippen LogP contribution in [-0.2, 0) is 18.9 Å². The van der Waals surface area contributed by atoms with Crippen LogP contribution in [0.4, 0.5) is 26.3 Å². The second-order valence-electron chi connectivity index (χ2n) is 4.04. The highest BCUT2D eigenvalue weighted by molar-refractivity contribution is 5.35. The summed E-state index contributed by atoms with van der Waals surface area (Å²) < 4.78 is 75.5. The van der Waals surface area contributed by atoms with Crippen molar-refractivity contribution in [3.63, 3.8) is 0 Å². The highest BCUT2D eigenvalue weighted by atomic mass is 19.4. The molecular formula is C12H13F6N. The van der Waals surface area contributed by atoms with Crippen LogP contribution in [0.5, 0.6) is 0 Å². The predicted octanol–water partition coefficient (Wildman–Crippen LogP) is 4.22. The minimum atomic E-state index is -4.66. The Labute approximate surface area is 106 Å². The van der Waals surface area contributed by atoms with Gasteiger partial charge in [0.05, 0.1) is 11.1 Å². The lowest BCUT2D eigenvalue weighted by Crippen LogP contribution is -2.19. The van der Waals surface area contributed by atoms with Crippen molar-refractivity contribution in [1.29, 1.82) is 0 Å². The first-order valence-corrected chi connectivity index (χ1v) is 5.64. The molecule has 1 aromatic carbocycles. The van der Waals surface area contributed by atoms with Crippen LogP contribution in [0.3, 0.4) is 0 Å². The van der Waals surface area contributed by atoms with Crippen LogP contribution in [-0.4, -0.2) is 6.54 Å². The summed E-state index contributed by atoms with van der Waals surface area (Å²) in [6.07, 6.45) is -8.63. The van der Waals surface area contributed by atoms with Gasteiger partial charge in [-0.15, -0.1) is 0 Å². The van der Waals surface area contributed by atoms with E-state index in [-0.39, 0.29) is 6.54 Å². The molecule has 0 heterocycles. The Morgan fingerprint density at radius 3 is 2.11 bits per heavy atom. The summed E-state index contributed by atoms with van der Waals surface area (Å²) in [5.41, 5.74) is -2.51. The minimum Gasteiger partial charge on any atom is -0.313 e. The minimum absolute atomic E-state index is 0.243. The smallest absolute Gasteiger partial charge is 0.313 e. The molecule has 1 aromatic rings. The average Bonchev–Trinajstić information content (AvgIpc) is 2.26. The zero-order valence-corrected chi connectivity index (χ0v) is 10.1. The molecule has 0 saturated carbocycles. The number of halogens is 6. The van der Waals surface area contributed by atoms with Crippen molar-refractivity contribution in [1.82, 2.24) is 5.32 Å². The molecule has 1 rings (SSSR count). The van der Waals surface area contributed by atoms with Gasteiger partial charge in [0, 0.05) is 6.54 Å². The highest BCUT2D eigenvalue weighted by Gasteiger charge is 2.36. The number of rotatable bonds is 4. The third-order valence-corrected chi connectivity index (χ3v) is 2.48. The molecular weight excluding hydrogens is 272 g/mol. The van der Waals surface area contributed by atoms with Crippen molar-refractivity contribution >= 4 is 0 Å². The molecule has 0 fully saturated rings. The molecule has 7 heteroatoms. The van der Waals surface area contributed by atoms with Gasteiger partial charge < -0.3 is 5.32 Å². The third kappa shape index (κ3) is 4.41. The lowest BCUT2D eigenvalue weighted by atomic mass is 10.0. The fourth-order valence-corrected chi connectivity index (χ4v) is 1.59. The second-order valence-corrected chi connectivity index (χ2v) is 4.04. The van der Waals surface area contributed by atoms with Gasteiger partial charge in [-0.1, -0.05) is 6.92 Å². The standard InChI is InChI=1S/C12H13F6N/c1-2-5-19-7-8-6-9(11(13,14)15)3-4-10(8)12(16,17)18/h3-4,6,19H,2,5,7H2,1H3. The summed E-state index contributed by atoms with van der Waals surface area (Å²) in [6, 6.07) is 1.48. The van der Waals surface area contributed by atoms with Gasteiger partial charge in [-0.2, -0.15) is 26.3 Å². The van der Waals surface area contributed by atoms with Crippen LogP contribution < -0.4 is 5.32 Å². The van der Waals surface area contributed by atoms with Gasteiger partial charge in [-0.25, -0.2) is 0 Å². The van der Waals surface area contributed by atoms with E-state index in [1.54, 1.807) is 0 Å². The molecule has 19 heavy (non-hydrogen) atoms. The molecule has 0 amide bonds. The first kappa shape index (κ1) is 15.8. The molecule has 0 bridgehead atoms. The third-order valence-electron chi connectivity index (χ3n) is 2.48. The van der Waals surface area contributed by atoms with Crippen molar-refractivity contribution in [3.05, 3.63) is 34.9 Å². The monoisotopic (exact) mass is 285 g/mol. The number of benzene rings is 1. The van der Waals surface area contributed by atoms with Crippen LogP contribution in [0.25, 0.3) is 0 Å². The summed E-state index contributed by atoms with van der Waals surface area (Å²) in [7, 11) is 0. The van der Waals surface area contributed by atoms with Crippen LogP contribution >= 0.6 is 0 Å². The topological polar surface area (TPSA) is 12.0 Å². The van der Waals surface area contributed by atoms with E-state index in [1.807, 2.05) is 6.92 Å². The normalized spacial score (nSPS) is 12.8. The van der Waals surface area contributed by atoms with E-state index < -0.39 is 29.0 Å². The van der Waals surface area contributed by atoms with Gasteiger partial charge >= 0.3 is 12.4 Å². The van der Waals surface area contributed by atoms with Crippen LogP contribution in [0.15, 0.2) is 18.2 Å². The van der Waals surface area contributed by atoms with E-state index in [9.17, 15) is 26.3 Å². The van der Waals surface area contributed by atoms with Crippen molar-refractivity contribution in [2.75, 3.05) is 6.54 Å². The first-order chi connectivity index (χ1) is 8.66. The maximum atomic E-state index is 12.7. The predicted molar refractivity (Wildman–Crippen MR) is 58.4 cm³/mol. The molecule has 0 saturated heterocycles. The lowest BCUT2D eigenvalue weighted by molar-refractivity contribution is -0.141. The van der Waals surface area contributed by atoms with Gasteiger partial charge in [-0.05, 0) is 36.7 Å². The molecule has 0 radical (unpaired) electrons. The van der Waals surface area contributed by atoms with E-state index in [4.69, 9.17) is 0 Å². The van der Waals surface area contributed by atoms with E-state index in [2.05, 4.69) is 5.32 Å². The zero-order chi connectivity index (χ0) is 14.7. The highest BCUT2D eigenvalue weighted by Crippen LogP contribution is 2.36. The summed E-state index contributed by atoms with van der Waals surface area (Å²) in [5, 5.41) is 2.68. The largest absolute Gasteiger partial charge is 0.416 e. The van der Waals surface area contributed by atoms with Gasteiger partial charge in [0.25, 0.3) is 0 Å². The Morgan fingerprint density at radius 2 is 1.63 bits per heavy atom. The Kier molecular flexibility index (Phi) is 4.84. The van der Waals surface area contributed by atoms with Crippen molar-refractivity contribution in [3.8, 4) is 0 Å². The fourth-order valence-electron chi connectivity index (χ4n) is 1.59. The Balaban J connectivity index is 3.12. The maximum Gasteiger partial charge on any atom is 0.416 e. The van der Waals surface area contributed by atoms with Crippen LogP contribution in [0, 0.1) is 0 Å². The van der Waals surface area contributed by atoms with Gasteiger partial charge in [-0.3, -0.25) is 0 Å². The van der Waals surface area contributed by atoms with E-state index in [1.165, 1.54) is 0 Å². The number of nitrogens with one attached hydrogen (secondary N) is 1. The van der Waals surface area contributed by atoms with Crippen LogP contribution in [0.2, 0.25) is 0 Å². The fraction of sp³-hybridized carbons (Fsp3) is 0.500. The van der Waals surface area contributed by atoms with Crippen molar-refractivity contribution in [2.45, 2.75) is 32.2 Å². The Morgan fingerprint density at radius 1 is 1.00 bits per heavy atom. The van der Waals surface area contributed by atoms with Gasteiger partial charge in [0.1, 0.15) is 0 Å². The van der Waals surface area contributed by atoms with E-state index in [0.717, 1.165) is 0 Å². The first-order valence-electron chi connectivity index (χ1n) is 5.64. The van der Waals surface area contributed by atoms with Gasteiger partial charge in [0.15, 0.2) is 0 Å². The molecule has 0 spiro atoms. The SMILES string of the molecule is CCCNCc1cc(C(F)(F)F)ccc1C(F)(F)F. The van der Waals surface area contributed by atoms with Gasteiger partial charge in [0.2, 0.25) is 0 Å². The Bertz CT molecular complexity index is 421. The molecule has 0 atom stereocenters. The summed E-state index contributed by atoms with van der Waals surface area (Å²) in [6.45, 7) is 2.00. The lowest BCUT2D eigenvalue weighted by Gasteiger charge is -2.16. The van der Waals surface area contributed by atoms with Crippen LogP contribution in [0.1, 0.15) is 30.0 Å². The molecule has 1 N–H and O–H groups in total. The molecule has 0 aliphatic carbocycles. The Hall–Kier alpha value is -1.24. The molecule has 0 aliphatic heterocycles. The molecule has 108 valence electrons. The quantitative estimate of drug-likeness (QED) is 0.645. The number of alkyl halides is 6. The second kappa shape index (κ2) is 5.81. The van der Waals surface area contributed by atoms with E-state index in [0.29, 0.717) is 31.2 Å². The summed E-state index contributed by atoms with van der Waals surface area (Å²) >= 11 is 0. The van der Waals surface area contributed by atoms with Crippen molar-refractivity contribution in [2.24, 2.45) is 0 Å². The van der Waals surface area contributed by atoms with E-state index >= 15 is 0 Å².